The van der Waals surface area contributed by atoms with Gasteiger partial charge in [-0.3, -0.25) is 9.89 Å². The average Bonchev–Trinajstić information content (AvgIpc) is 2.77. The molecule has 4 nitrogen and oxygen atoms in total. The van der Waals surface area contributed by atoms with Gasteiger partial charge in [-0.05, 0) is 25.5 Å². The number of aromatic amines is 1. The predicted molar refractivity (Wildman–Crippen MR) is 74.5 cm³/mol. The highest BCUT2D eigenvalue weighted by atomic mass is 19.1. The molecular formula is C15H14FN3O. The van der Waals surface area contributed by atoms with E-state index in [1.54, 1.807) is 31.2 Å². The lowest BCUT2D eigenvalue weighted by Gasteiger charge is -2.06. The number of aryl methyl sites for hydroxylation is 2. The SMILES string of the molecule is Cc1cc2nc(C)c(Cc3ccccc3F)c(=O)n2[nH]1. The van der Waals surface area contributed by atoms with Crippen LogP contribution in [-0.2, 0) is 6.42 Å². The molecule has 0 atom stereocenters. The fourth-order valence-corrected chi connectivity index (χ4v) is 2.33. The molecule has 0 amide bonds. The lowest BCUT2D eigenvalue weighted by Crippen LogP contribution is -2.22. The second kappa shape index (κ2) is 4.59. The Balaban J connectivity index is 2.17. The molecule has 0 radical (unpaired) electrons. The molecule has 5 heteroatoms. The number of H-pyrrole nitrogens is 1. The highest BCUT2D eigenvalue weighted by Gasteiger charge is 2.13. The van der Waals surface area contributed by atoms with E-state index in [-0.39, 0.29) is 17.8 Å². The molecule has 2 heterocycles. The third-order valence-corrected chi connectivity index (χ3v) is 3.37. The van der Waals surface area contributed by atoms with E-state index in [4.69, 9.17) is 0 Å². The van der Waals surface area contributed by atoms with Crippen LogP contribution in [0.15, 0.2) is 35.1 Å². The minimum absolute atomic E-state index is 0.177. The topological polar surface area (TPSA) is 50.2 Å². The molecule has 0 saturated carbocycles. The molecule has 0 unspecified atom stereocenters. The van der Waals surface area contributed by atoms with Crippen molar-refractivity contribution in [3.63, 3.8) is 0 Å². The van der Waals surface area contributed by atoms with Crippen LogP contribution in [0.3, 0.4) is 0 Å². The summed E-state index contributed by atoms with van der Waals surface area (Å²) in [6.07, 6.45) is 0.241. The Morgan fingerprint density at radius 2 is 2.05 bits per heavy atom. The zero-order valence-electron chi connectivity index (χ0n) is 11.3. The molecule has 2 aromatic heterocycles. The van der Waals surface area contributed by atoms with Gasteiger partial charge in [-0.2, -0.15) is 0 Å². The van der Waals surface area contributed by atoms with E-state index < -0.39 is 0 Å². The highest BCUT2D eigenvalue weighted by molar-refractivity contribution is 5.42. The monoisotopic (exact) mass is 271 g/mol. The summed E-state index contributed by atoms with van der Waals surface area (Å²) in [5.74, 6) is -0.306. The Bertz CT molecular complexity index is 848. The van der Waals surface area contributed by atoms with Gasteiger partial charge in [0.05, 0.1) is 0 Å². The number of halogens is 1. The van der Waals surface area contributed by atoms with E-state index in [2.05, 4.69) is 10.1 Å². The first-order chi connectivity index (χ1) is 9.56. The molecule has 0 bridgehead atoms. The third kappa shape index (κ3) is 2.01. The number of hydrogen-bond donors (Lipinski definition) is 1. The predicted octanol–water partition coefficient (Wildman–Crippen LogP) is 2.37. The van der Waals surface area contributed by atoms with E-state index in [9.17, 15) is 9.18 Å². The molecule has 0 saturated heterocycles. The van der Waals surface area contributed by atoms with Crippen molar-refractivity contribution in [2.45, 2.75) is 20.3 Å². The minimum atomic E-state index is -0.306. The van der Waals surface area contributed by atoms with Gasteiger partial charge in [0, 0.05) is 29.4 Å². The van der Waals surface area contributed by atoms with Crippen LogP contribution in [0, 0.1) is 19.7 Å². The van der Waals surface area contributed by atoms with Crippen LogP contribution in [0.25, 0.3) is 5.65 Å². The maximum absolute atomic E-state index is 13.7. The van der Waals surface area contributed by atoms with Crippen LogP contribution >= 0.6 is 0 Å². The summed E-state index contributed by atoms with van der Waals surface area (Å²) in [6.45, 7) is 3.64. The second-order valence-electron chi connectivity index (χ2n) is 4.88. The van der Waals surface area contributed by atoms with Gasteiger partial charge in [-0.15, -0.1) is 0 Å². The number of nitrogens with zero attached hydrogens (tertiary/aromatic N) is 2. The molecule has 0 fully saturated rings. The van der Waals surface area contributed by atoms with Gasteiger partial charge in [-0.25, -0.2) is 13.9 Å². The lowest BCUT2D eigenvalue weighted by molar-refractivity contribution is 0.613. The third-order valence-electron chi connectivity index (χ3n) is 3.37. The van der Waals surface area contributed by atoms with Crippen molar-refractivity contribution >= 4 is 5.65 Å². The van der Waals surface area contributed by atoms with Gasteiger partial charge in [0.1, 0.15) is 5.82 Å². The average molecular weight is 271 g/mol. The number of nitrogens with one attached hydrogen (secondary N) is 1. The molecule has 3 rings (SSSR count). The van der Waals surface area contributed by atoms with Gasteiger partial charge >= 0.3 is 0 Å². The Morgan fingerprint density at radius 3 is 2.80 bits per heavy atom. The molecule has 1 aromatic carbocycles. The van der Waals surface area contributed by atoms with Crippen molar-refractivity contribution in [2.75, 3.05) is 0 Å². The van der Waals surface area contributed by atoms with E-state index in [1.807, 2.05) is 6.92 Å². The van der Waals surface area contributed by atoms with E-state index in [1.165, 1.54) is 10.6 Å². The Kier molecular flexibility index (Phi) is 2.89. The van der Waals surface area contributed by atoms with Crippen molar-refractivity contribution in [1.82, 2.24) is 14.6 Å². The van der Waals surface area contributed by atoms with Crippen molar-refractivity contribution in [3.8, 4) is 0 Å². The standard InChI is InChI=1S/C15H14FN3O/c1-9-7-14-17-10(2)12(15(20)19(14)18-9)8-11-5-3-4-6-13(11)16/h3-7,18H,8H2,1-2H3. The summed E-state index contributed by atoms with van der Waals surface area (Å²) < 4.78 is 15.1. The Labute approximate surface area is 114 Å². The molecule has 102 valence electrons. The van der Waals surface area contributed by atoms with Crippen LogP contribution in [-0.4, -0.2) is 14.6 Å². The molecule has 0 aliphatic carbocycles. The van der Waals surface area contributed by atoms with Crippen LogP contribution < -0.4 is 5.56 Å². The summed E-state index contributed by atoms with van der Waals surface area (Å²) in [5, 5.41) is 2.94. The summed E-state index contributed by atoms with van der Waals surface area (Å²) in [7, 11) is 0. The van der Waals surface area contributed by atoms with Gasteiger partial charge < -0.3 is 0 Å². The van der Waals surface area contributed by atoms with Crippen molar-refractivity contribution in [3.05, 3.63) is 69.0 Å². The zero-order chi connectivity index (χ0) is 14.3. The number of benzene rings is 1. The van der Waals surface area contributed by atoms with Crippen molar-refractivity contribution in [1.29, 1.82) is 0 Å². The van der Waals surface area contributed by atoms with Crippen molar-refractivity contribution < 1.29 is 4.39 Å². The Hall–Kier alpha value is -2.43. The molecule has 0 spiro atoms. The first kappa shape index (κ1) is 12.6. The molecule has 1 N–H and O–H groups in total. The minimum Gasteiger partial charge on any atom is -0.294 e. The first-order valence-corrected chi connectivity index (χ1v) is 6.37. The molecule has 3 aromatic rings. The first-order valence-electron chi connectivity index (χ1n) is 6.37. The van der Waals surface area contributed by atoms with Crippen molar-refractivity contribution in [2.24, 2.45) is 0 Å². The number of aromatic nitrogens is 3. The van der Waals surface area contributed by atoms with Crippen LogP contribution in [0.4, 0.5) is 4.39 Å². The maximum Gasteiger partial charge on any atom is 0.276 e. The molecule has 0 aliphatic heterocycles. The highest BCUT2D eigenvalue weighted by Crippen LogP contribution is 2.13. The van der Waals surface area contributed by atoms with Crippen LogP contribution in [0.5, 0.6) is 0 Å². The smallest absolute Gasteiger partial charge is 0.276 e. The van der Waals surface area contributed by atoms with Gasteiger partial charge in [0.15, 0.2) is 5.65 Å². The van der Waals surface area contributed by atoms with E-state index >= 15 is 0 Å². The van der Waals surface area contributed by atoms with Gasteiger partial charge in [0.25, 0.3) is 5.56 Å². The summed E-state index contributed by atoms with van der Waals surface area (Å²) in [4.78, 5) is 16.8. The maximum atomic E-state index is 13.7. The molecule has 20 heavy (non-hydrogen) atoms. The lowest BCUT2D eigenvalue weighted by atomic mass is 10.0. The molecular weight excluding hydrogens is 257 g/mol. The van der Waals surface area contributed by atoms with E-state index in [0.29, 0.717) is 22.5 Å². The summed E-state index contributed by atoms with van der Waals surface area (Å²) >= 11 is 0. The summed E-state index contributed by atoms with van der Waals surface area (Å²) in [5.41, 5.74) is 2.91. The normalized spacial score (nSPS) is 11.2. The van der Waals surface area contributed by atoms with Gasteiger partial charge in [0.2, 0.25) is 0 Å². The number of fused-ring (bicyclic) bond motifs is 1. The Morgan fingerprint density at radius 1 is 1.30 bits per heavy atom. The fourth-order valence-electron chi connectivity index (χ4n) is 2.33. The summed E-state index contributed by atoms with van der Waals surface area (Å²) in [6, 6.07) is 8.28. The quantitative estimate of drug-likeness (QED) is 0.778. The number of rotatable bonds is 2. The fraction of sp³-hybridized carbons (Fsp3) is 0.200. The van der Waals surface area contributed by atoms with Crippen LogP contribution in [0.2, 0.25) is 0 Å². The van der Waals surface area contributed by atoms with E-state index in [0.717, 1.165) is 5.69 Å². The van der Waals surface area contributed by atoms with Gasteiger partial charge in [-0.1, -0.05) is 18.2 Å². The largest absolute Gasteiger partial charge is 0.294 e. The number of hydrogen-bond acceptors (Lipinski definition) is 2. The second-order valence-corrected chi connectivity index (χ2v) is 4.88. The zero-order valence-corrected chi connectivity index (χ0v) is 11.3. The molecule has 0 aliphatic rings. The van der Waals surface area contributed by atoms with Crippen LogP contribution in [0.1, 0.15) is 22.5 Å².